The van der Waals surface area contributed by atoms with E-state index in [4.69, 9.17) is 0 Å². The van der Waals surface area contributed by atoms with Crippen LogP contribution in [0.4, 0.5) is 0 Å². The van der Waals surface area contributed by atoms with Gasteiger partial charge < -0.3 is 10.2 Å². The molecule has 4 rings (SSSR count). The van der Waals surface area contributed by atoms with E-state index in [0.717, 1.165) is 32.1 Å². The zero-order chi connectivity index (χ0) is 22.8. The fraction of sp³-hybridized carbons (Fsp3) is 0.862. The van der Waals surface area contributed by atoms with Gasteiger partial charge in [0.25, 0.3) is 0 Å². The molecule has 0 aromatic heterocycles. The van der Waals surface area contributed by atoms with Gasteiger partial charge in [0, 0.05) is 0 Å². The molecule has 0 heterocycles. The van der Waals surface area contributed by atoms with Crippen molar-refractivity contribution in [2.45, 2.75) is 118 Å². The third kappa shape index (κ3) is 3.59. The Bertz CT molecular complexity index is 759. The molecule has 0 spiro atoms. The number of aliphatic hydroxyl groups is 2. The van der Waals surface area contributed by atoms with Crippen LogP contribution in [0.25, 0.3) is 0 Å². The quantitative estimate of drug-likeness (QED) is 0.492. The van der Waals surface area contributed by atoms with Crippen LogP contribution in [0.3, 0.4) is 0 Å². The van der Waals surface area contributed by atoms with Crippen LogP contribution in [0.2, 0.25) is 0 Å². The maximum Gasteiger partial charge on any atom is 0.0594 e. The summed E-state index contributed by atoms with van der Waals surface area (Å²) in [5.41, 5.74) is 5.55. The van der Waals surface area contributed by atoms with Crippen molar-refractivity contribution < 1.29 is 10.2 Å². The first-order valence-electron chi connectivity index (χ1n) is 13.2. The fourth-order valence-corrected chi connectivity index (χ4v) is 8.55. The Balaban J connectivity index is 1.60. The summed E-state index contributed by atoms with van der Waals surface area (Å²) in [5, 5.41) is 21.7. The minimum Gasteiger partial charge on any atom is -0.393 e. The second-order valence-electron chi connectivity index (χ2n) is 13.1. The summed E-state index contributed by atoms with van der Waals surface area (Å²) >= 11 is 0. The summed E-state index contributed by atoms with van der Waals surface area (Å²) in [4.78, 5) is 0. The van der Waals surface area contributed by atoms with Crippen molar-refractivity contribution in [3.63, 3.8) is 0 Å². The Morgan fingerprint density at radius 3 is 2.35 bits per heavy atom. The third-order valence-electron chi connectivity index (χ3n) is 10.7. The van der Waals surface area contributed by atoms with Gasteiger partial charge in [0.1, 0.15) is 0 Å². The van der Waals surface area contributed by atoms with E-state index in [1.54, 1.807) is 16.7 Å². The highest BCUT2D eigenvalue weighted by Crippen LogP contribution is 2.66. The van der Waals surface area contributed by atoms with Gasteiger partial charge in [-0.15, -0.1) is 0 Å². The number of fused-ring (bicyclic) bond motifs is 4. The van der Waals surface area contributed by atoms with E-state index in [1.807, 2.05) is 0 Å². The number of allylic oxidation sites excluding steroid dienone is 4. The lowest BCUT2D eigenvalue weighted by molar-refractivity contribution is -0.0907. The molecule has 0 radical (unpaired) electrons. The van der Waals surface area contributed by atoms with Gasteiger partial charge >= 0.3 is 0 Å². The molecular formula is C29H48O2. The fourth-order valence-electron chi connectivity index (χ4n) is 8.55. The van der Waals surface area contributed by atoms with E-state index >= 15 is 0 Å². The van der Waals surface area contributed by atoms with E-state index in [-0.39, 0.29) is 28.5 Å². The minimum atomic E-state index is -0.179. The largest absolute Gasteiger partial charge is 0.393 e. The molecule has 0 bridgehead atoms. The molecule has 4 aliphatic carbocycles. The van der Waals surface area contributed by atoms with E-state index in [2.05, 4.69) is 54.5 Å². The number of hydrogen-bond donors (Lipinski definition) is 2. The van der Waals surface area contributed by atoms with Crippen LogP contribution in [0.1, 0.15) is 106 Å². The molecule has 7 atom stereocenters. The van der Waals surface area contributed by atoms with Crippen LogP contribution in [0.5, 0.6) is 0 Å². The molecule has 31 heavy (non-hydrogen) atoms. The summed E-state index contributed by atoms with van der Waals surface area (Å²) < 4.78 is 0. The predicted molar refractivity (Wildman–Crippen MR) is 130 cm³/mol. The zero-order valence-electron chi connectivity index (χ0n) is 21.3. The number of aliphatic hydroxyl groups excluding tert-OH is 2. The number of rotatable bonds is 5. The summed E-state index contributed by atoms with van der Waals surface area (Å²) in [6.45, 7) is 16.5. The van der Waals surface area contributed by atoms with Gasteiger partial charge in [-0.3, -0.25) is 0 Å². The molecule has 0 saturated heterocycles. The van der Waals surface area contributed by atoms with E-state index in [9.17, 15) is 10.2 Å². The number of hydrogen-bond acceptors (Lipinski definition) is 2. The molecular weight excluding hydrogens is 380 g/mol. The van der Waals surface area contributed by atoms with Gasteiger partial charge in [0.2, 0.25) is 0 Å². The molecule has 0 unspecified atom stereocenters. The van der Waals surface area contributed by atoms with Crippen LogP contribution < -0.4 is 0 Å². The van der Waals surface area contributed by atoms with Crippen molar-refractivity contribution in [3.05, 3.63) is 22.8 Å². The molecule has 1 saturated carbocycles. The van der Waals surface area contributed by atoms with Crippen LogP contribution in [0, 0.1) is 39.9 Å². The van der Waals surface area contributed by atoms with Crippen molar-refractivity contribution in [2.24, 2.45) is 39.9 Å². The second-order valence-corrected chi connectivity index (χ2v) is 13.1. The Labute approximate surface area is 191 Å². The summed E-state index contributed by atoms with van der Waals surface area (Å²) in [5.74, 6) is 2.16. The van der Waals surface area contributed by atoms with Crippen LogP contribution in [0.15, 0.2) is 22.8 Å². The van der Waals surface area contributed by atoms with Crippen molar-refractivity contribution in [2.75, 3.05) is 0 Å². The lowest BCUT2D eigenvalue weighted by Gasteiger charge is -2.59. The van der Waals surface area contributed by atoms with E-state index in [1.165, 1.54) is 25.7 Å². The Hall–Kier alpha value is -0.600. The van der Waals surface area contributed by atoms with Crippen molar-refractivity contribution in [1.29, 1.82) is 0 Å². The minimum absolute atomic E-state index is 0.00785. The maximum absolute atomic E-state index is 11.0. The Morgan fingerprint density at radius 1 is 0.968 bits per heavy atom. The van der Waals surface area contributed by atoms with Gasteiger partial charge in [0.15, 0.2) is 0 Å². The van der Waals surface area contributed by atoms with Gasteiger partial charge in [-0.05, 0) is 109 Å². The summed E-state index contributed by atoms with van der Waals surface area (Å²) in [6.07, 6.45) is 12.3. The first kappa shape index (κ1) is 23.6. The third-order valence-corrected chi connectivity index (χ3v) is 10.7. The monoisotopic (exact) mass is 428 g/mol. The average Bonchev–Trinajstić information content (AvgIpc) is 3.06. The lowest BCUT2D eigenvalue weighted by Crippen LogP contribution is -2.53. The normalized spacial score (nSPS) is 41.4. The summed E-state index contributed by atoms with van der Waals surface area (Å²) in [7, 11) is 0. The predicted octanol–water partition coefficient (Wildman–Crippen LogP) is 7.06. The van der Waals surface area contributed by atoms with Crippen molar-refractivity contribution >= 4 is 0 Å². The zero-order valence-corrected chi connectivity index (χ0v) is 21.3. The molecule has 176 valence electrons. The van der Waals surface area contributed by atoms with Gasteiger partial charge in [0.05, 0.1) is 12.2 Å². The average molecular weight is 429 g/mol. The van der Waals surface area contributed by atoms with E-state index < -0.39 is 0 Å². The highest BCUT2D eigenvalue weighted by atomic mass is 16.3. The molecule has 0 aromatic carbocycles. The molecule has 0 aromatic rings. The second kappa shape index (κ2) is 8.01. The van der Waals surface area contributed by atoms with Crippen LogP contribution >= 0.6 is 0 Å². The highest BCUT2D eigenvalue weighted by Gasteiger charge is 2.57. The van der Waals surface area contributed by atoms with E-state index in [0.29, 0.717) is 23.7 Å². The lowest BCUT2D eigenvalue weighted by atomic mass is 9.46. The Morgan fingerprint density at radius 2 is 1.68 bits per heavy atom. The van der Waals surface area contributed by atoms with Crippen molar-refractivity contribution in [1.82, 2.24) is 0 Å². The first-order valence-corrected chi connectivity index (χ1v) is 13.2. The van der Waals surface area contributed by atoms with Crippen LogP contribution in [-0.2, 0) is 0 Å². The molecule has 1 fully saturated rings. The first-order chi connectivity index (χ1) is 14.4. The smallest absolute Gasteiger partial charge is 0.0594 e. The maximum atomic E-state index is 11.0. The SMILES string of the molecule is CC(C)CC[C@@H](O)[C@@H](C)[C@H]1CC=C2C3=C(CC[C@@]21C)[C@@]1(C)CC[C@H](O)C(C)(C)[C@H]1CC3. The van der Waals surface area contributed by atoms with Gasteiger partial charge in [-0.25, -0.2) is 0 Å². The standard InChI is InChI=1S/C29H48O2/c1-18(2)8-12-24(30)19(3)21-10-11-22-20-9-13-25-27(4,5)26(31)15-17-29(25,7)23(20)14-16-28(21,22)6/h11,18-19,21,24-26,30-31H,8-10,12-17H2,1-7H3/t19-,21+,24+,25+,26-,28+,29+/m0/s1. The summed E-state index contributed by atoms with van der Waals surface area (Å²) in [6, 6.07) is 0. The molecule has 2 nitrogen and oxygen atoms in total. The molecule has 4 aliphatic rings. The highest BCUT2D eigenvalue weighted by molar-refractivity contribution is 5.49. The molecule has 0 aliphatic heterocycles. The van der Waals surface area contributed by atoms with Crippen LogP contribution in [-0.4, -0.2) is 22.4 Å². The van der Waals surface area contributed by atoms with Gasteiger partial charge in [-0.2, -0.15) is 0 Å². The Kier molecular flexibility index (Phi) is 6.09. The van der Waals surface area contributed by atoms with Crippen molar-refractivity contribution in [3.8, 4) is 0 Å². The molecule has 0 amide bonds. The molecule has 2 heteroatoms. The molecule has 2 N–H and O–H groups in total. The van der Waals surface area contributed by atoms with Gasteiger partial charge in [-0.1, -0.05) is 60.1 Å². The topological polar surface area (TPSA) is 40.5 Å².